The van der Waals surface area contributed by atoms with Crippen LogP contribution >= 0.6 is 0 Å². The van der Waals surface area contributed by atoms with Crippen molar-refractivity contribution in [1.29, 1.82) is 0 Å². The predicted octanol–water partition coefficient (Wildman–Crippen LogP) is 2.03. The zero-order valence-corrected chi connectivity index (χ0v) is 17.5. The molecule has 8 nitrogen and oxygen atoms in total. The molecule has 0 radical (unpaired) electrons. The summed E-state index contributed by atoms with van der Waals surface area (Å²) in [5.74, 6) is 2.69. The van der Waals surface area contributed by atoms with Crippen molar-refractivity contribution in [3.8, 4) is 0 Å². The van der Waals surface area contributed by atoms with E-state index in [0.29, 0.717) is 18.8 Å². The van der Waals surface area contributed by atoms with Crippen molar-refractivity contribution < 1.29 is 9.47 Å². The molecule has 28 heavy (non-hydrogen) atoms. The first kappa shape index (κ1) is 21.0. The lowest BCUT2D eigenvalue weighted by molar-refractivity contribution is 0.0281. The number of aromatic nitrogens is 3. The third-order valence-corrected chi connectivity index (χ3v) is 5.34. The third kappa shape index (κ3) is 6.44. The van der Waals surface area contributed by atoms with Crippen LogP contribution in [-0.2, 0) is 29.0 Å². The Morgan fingerprint density at radius 3 is 2.89 bits per heavy atom. The van der Waals surface area contributed by atoms with E-state index in [9.17, 15) is 0 Å². The number of fused-ring (bicyclic) bond motifs is 1. The highest BCUT2D eigenvalue weighted by molar-refractivity contribution is 5.80. The van der Waals surface area contributed by atoms with Gasteiger partial charge in [-0.1, -0.05) is 19.3 Å². The number of hydrogen-bond donors (Lipinski definition) is 2. The van der Waals surface area contributed by atoms with Crippen LogP contribution in [0.25, 0.3) is 0 Å². The van der Waals surface area contributed by atoms with E-state index in [-0.39, 0.29) is 0 Å². The standard InChI is InChI=1S/C20H36N6O2/c1-3-21-20(22-12-7-13-28-17-8-5-4-6-9-17)23-16-10-11-19-24-18(15-27-2)25-26(19)14-16/h16-17H,3-15H2,1-2H3,(H2,21,22,23). The van der Waals surface area contributed by atoms with Gasteiger partial charge in [0.1, 0.15) is 12.4 Å². The van der Waals surface area contributed by atoms with Crippen LogP contribution in [-0.4, -0.2) is 59.7 Å². The van der Waals surface area contributed by atoms with Crippen molar-refractivity contribution in [3.63, 3.8) is 0 Å². The summed E-state index contributed by atoms with van der Waals surface area (Å²) in [6.45, 7) is 5.80. The predicted molar refractivity (Wildman–Crippen MR) is 109 cm³/mol. The van der Waals surface area contributed by atoms with Crippen LogP contribution in [0.1, 0.15) is 63.5 Å². The maximum absolute atomic E-state index is 6.00. The van der Waals surface area contributed by atoms with E-state index in [1.54, 1.807) is 7.11 Å². The molecule has 158 valence electrons. The minimum Gasteiger partial charge on any atom is -0.378 e. The van der Waals surface area contributed by atoms with Crippen molar-refractivity contribution in [2.24, 2.45) is 4.99 Å². The molecule has 1 unspecified atom stereocenters. The number of guanidine groups is 1. The van der Waals surface area contributed by atoms with Crippen LogP contribution in [0, 0.1) is 0 Å². The second-order valence-corrected chi connectivity index (χ2v) is 7.68. The highest BCUT2D eigenvalue weighted by atomic mass is 16.5. The van der Waals surface area contributed by atoms with Gasteiger partial charge in [0.25, 0.3) is 0 Å². The molecular weight excluding hydrogens is 356 g/mol. The molecule has 1 aliphatic carbocycles. The maximum Gasteiger partial charge on any atom is 0.191 e. The fourth-order valence-corrected chi connectivity index (χ4v) is 3.92. The average Bonchev–Trinajstić information content (AvgIpc) is 3.10. The lowest BCUT2D eigenvalue weighted by atomic mass is 9.98. The zero-order valence-electron chi connectivity index (χ0n) is 17.5. The molecule has 0 bridgehead atoms. The number of nitrogens with zero attached hydrogens (tertiary/aromatic N) is 4. The van der Waals surface area contributed by atoms with Gasteiger partial charge in [0, 0.05) is 39.3 Å². The number of aliphatic imine (C=N–C) groups is 1. The number of hydrogen-bond acceptors (Lipinski definition) is 5. The summed E-state index contributed by atoms with van der Waals surface area (Å²) >= 11 is 0. The van der Waals surface area contributed by atoms with Gasteiger partial charge in [0.05, 0.1) is 12.6 Å². The first-order valence-electron chi connectivity index (χ1n) is 10.9. The Labute approximate surface area is 168 Å². The van der Waals surface area contributed by atoms with E-state index in [0.717, 1.165) is 63.1 Å². The number of methoxy groups -OCH3 is 1. The highest BCUT2D eigenvalue weighted by Gasteiger charge is 2.22. The molecule has 1 aromatic heterocycles. The van der Waals surface area contributed by atoms with E-state index in [1.165, 1.54) is 32.1 Å². The van der Waals surface area contributed by atoms with Gasteiger partial charge in [0.2, 0.25) is 0 Å². The van der Waals surface area contributed by atoms with Crippen LogP contribution in [0.5, 0.6) is 0 Å². The van der Waals surface area contributed by atoms with Crippen LogP contribution in [0.4, 0.5) is 0 Å². The molecule has 1 fully saturated rings. The molecule has 0 amide bonds. The zero-order chi connectivity index (χ0) is 19.6. The van der Waals surface area contributed by atoms with Gasteiger partial charge in [-0.25, -0.2) is 9.67 Å². The van der Waals surface area contributed by atoms with Crippen LogP contribution in [0.3, 0.4) is 0 Å². The van der Waals surface area contributed by atoms with Crippen LogP contribution < -0.4 is 10.6 Å². The highest BCUT2D eigenvalue weighted by Crippen LogP contribution is 2.20. The number of ether oxygens (including phenoxy) is 2. The van der Waals surface area contributed by atoms with Gasteiger partial charge in [-0.05, 0) is 32.6 Å². The normalized spacial score (nSPS) is 20.8. The van der Waals surface area contributed by atoms with Crippen molar-refractivity contribution in [3.05, 3.63) is 11.6 Å². The smallest absolute Gasteiger partial charge is 0.191 e. The van der Waals surface area contributed by atoms with Gasteiger partial charge in [-0.15, -0.1) is 0 Å². The maximum atomic E-state index is 6.00. The molecule has 2 aliphatic rings. The quantitative estimate of drug-likeness (QED) is 0.380. The molecule has 2 N–H and O–H groups in total. The largest absolute Gasteiger partial charge is 0.378 e. The van der Waals surface area contributed by atoms with Gasteiger partial charge in [-0.3, -0.25) is 4.99 Å². The Bertz CT molecular complexity index is 612. The summed E-state index contributed by atoms with van der Waals surface area (Å²) in [5.41, 5.74) is 0. The summed E-state index contributed by atoms with van der Waals surface area (Å²) in [6, 6.07) is 0.306. The Kier molecular flexibility index (Phi) is 8.54. The fourth-order valence-electron chi connectivity index (χ4n) is 3.92. The topological polar surface area (TPSA) is 85.6 Å². The molecule has 3 rings (SSSR count). The molecule has 1 aromatic rings. The lowest BCUT2D eigenvalue weighted by Crippen LogP contribution is -2.47. The fraction of sp³-hybridized carbons (Fsp3) is 0.850. The first-order valence-corrected chi connectivity index (χ1v) is 10.9. The molecular formula is C20H36N6O2. The van der Waals surface area contributed by atoms with Crippen molar-refractivity contribution >= 4 is 5.96 Å². The van der Waals surface area contributed by atoms with E-state index in [4.69, 9.17) is 14.5 Å². The Morgan fingerprint density at radius 2 is 2.11 bits per heavy atom. The van der Waals surface area contributed by atoms with E-state index >= 15 is 0 Å². The van der Waals surface area contributed by atoms with E-state index in [2.05, 4.69) is 27.6 Å². The molecule has 1 aliphatic heterocycles. The van der Waals surface area contributed by atoms with Gasteiger partial charge < -0.3 is 20.1 Å². The van der Waals surface area contributed by atoms with Crippen LogP contribution in [0.2, 0.25) is 0 Å². The number of aryl methyl sites for hydroxylation is 1. The minimum atomic E-state index is 0.306. The summed E-state index contributed by atoms with van der Waals surface area (Å²) < 4.78 is 13.1. The molecule has 0 aromatic carbocycles. The van der Waals surface area contributed by atoms with E-state index in [1.807, 2.05) is 4.68 Å². The first-order chi connectivity index (χ1) is 13.8. The summed E-state index contributed by atoms with van der Waals surface area (Å²) in [7, 11) is 1.67. The molecule has 0 spiro atoms. The Morgan fingerprint density at radius 1 is 1.25 bits per heavy atom. The molecule has 0 saturated heterocycles. The molecule has 1 atom stereocenters. The van der Waals surface area contributed by atoms with Crippen molar-refractivity contribution in [1.82, 2.24) is 25.4 Å². The lowest BCUT2D eigenvalue weighted by Gasteiger charge is -2.25. The van der Waals surface area contributed by atoms with Crippen molar-refractivity contribution in [2.45, 2.75) is 83.6 Å². The molecule has 2 heterocycles. The molecule has 8 heteroatoms. The van der Waals surface area contributed by atoms with Crippen molar-refractivity contribution in [2.75, 3.05) is 26.8 Å². The van der Waals surface area contributed by atoms with Crippen LogP contribution in [0.15, 0.2) is 4.99 Å². The minimum absolute atomic E-state index is 0.306. The summed E-state index contributed by atoms with van der Waals surface area (Å²) in [5, 5.41) is 11.4. The van der Waals surface area contributed by atoms with Gasteiger partial charge in [0.15, 0.2) is 11.8 Å². The monoisotopic (exact) mass is 392 g/mol. The number of nitrogens with one attached hydrogen (secondary N) is 2. The van der Waals surface area contributed by atoms with Gasteiger partial charge >= 0.3 is 0 Å². The second-order valence-electron chi connectivity index (χ2n) is 7.68. The summed E-state index contributed by atoms with van der Waals surface area (Å²) in [4.78, 5) is 9.27. The SMILES string of the molecule is CCNC(=NCCCOC1CCCCC1)NC1CCc2nc(COC)nn2C1. The second kappa shape index (κ2) is 11.4. The third-order valence-electron chi connectivity index (χ3n) is 5.34. The number of rotatable bonds is 9. The van der Waals surface area contributed by atoms with Gasteiger partial charge in [-0.2, -0.15) is 5.10 Å². The Hall–Kier alpha value is -1.67. The Balaban J connectivity index is 1.42. The molecule has 1 saturated carbocycles. The average molecular weight is 393 g/mol. The van der Waals surface area contributed by atoms with E-state index < -0.39 is 0 Å². The summed E-state index contributed by atoms with van der Waals surface area (Å²) in [6.07, 6.45) is 9.85.